The molecule has 1 N–H and O–H groups in total. The number of aromatic carboxylic acids is 1. The van der Waals surface area contributed by atoms with E-state index >= 15 is 0 Å². The van der Waals surface area contributed by atoms with Crippen molar-refractivity contribution in [2.24, 2.45) is 0 Å². The molecule has 0 spiro atoms. The number of aromatic nitrogens is 2. The highest BCUT2D eigenvalue weighted by atomic mass is 35.5. The van der Waals surface area contributed by atoms with Crippen LogP contribution in [0, 0.1) is 0 Å². The Kier molecular flexibility index (Phi) is 7.92. The van der Waals surface area contributed by atoms with Crippen LogP contribution in [0.5, 0.6) is 5.75 Å². The number of halogens is 2. The highest BCUT2D eigenvalue weighted by Gasteiger charge is 2.19. The predicted molar refractivity (Wildman–Crippen MR) is 118 cm³/mol. The summed E-state index contributed by atoms with van der Waals surface area (Å²) in [5.41, 5.74) is 0.710. The van der Waals surface area contributed by atoms with Crippen molar-refractivity contribution in [3.05, 3.63) is 82.4 Å². The molecule has 1 heterocycles. The standard InChI is InChI=1S/C22H21Cl2N3O4/c23-18-7-2-1-5-16(18)13-27(11-4-10-26-12-9-25-15-26)20(28)14-31-21-17(22(29)30)6-3-8-19(21)24/h1-3,5-9,12,15H,4,10-11,13-14H2,(H,29,30). The lowest BCUT2D eigenvalue weighted by molar-refractivity contribution is -0.134. The van der Waals surface area contributed by atoms with Crippen molar-refractivity contribution in [2.75, 3.05) is 13.2 Å². The van der Waals surface area contributed by atoms with Gasteiger partial charge in [0.15, 0.2) is 12.4 Å². The van der Waals surface area contributed by atoms with Gasteiger partial charge in [-0.3, -0.25) is 4.79 Å². The van der Waals surface area contributed by atoms with E-state index in [0.29, 0.717) is 31.1 Å². The van der Waals surface area contributed by atoms with E-state index in [2.05, 4.69) is 4.98 Å². The smallest absolute Gasteiger partial charge is 0.339 e. The fourth-order valence-corrected chi connectivity index (χ4v) is 3.46. The number of amides is 1. The van der Waals surface area contributed by atoms with Crippen molar-refractivity contribution in [1.82, 2.24) is 14.5 Å². The molecule has 0 aliphatic rings. The van der Waals surface area contributed by atoms with Crippen molar-refractivity contribution in [1.29, 1.82) is 0 Å². The molecule has 0 saturated heterocycles. The molecule has 0 aliphatic carbocycles. The lowest BCUT2D eigenvalue weighted by Crippen LogP contribution is -2.36. The van der Waals surface area contributed by atoms with E-state index in [9.17, 15) is 14.7 Å². The molecule has 0 radical (unpaired) electrons. The zero-order valence-corrected chi connectivity index (χ0v) is 18.1. The van der Waals surface area contributed by atoms with E-state index in [1.807, 2.05) is 29.0 Å². The van der Waals surface area contributed by atoms with Crippen LogP contribution in [-0.4, -0.2) is 44.6 Å². The Morgan fingerprint density at radius 2 is 1.87 bits per heavy atom. The van der Waals surface area contributed by atoms with Gasteiger partial charge in [-0.1, -0.05) is 47.5 Å². The molecule has 3 rings (SSSR count). The number of carboxylic acids is 1. The van der Waals surface area contributed by atoms with Crippen molar-refractivity contribution < 1.29 is 19.4 Å². The van der Waals surface area contributed by atoms with E-state index < -0.39 is 5.97 Å². The Morgan fingerprint density at radius 3 is 2.58 bits per heavy atom. The number of carbonyl (C=O) groups excluding carboxylic acids is 1. The lowest BCUT2D eigenvalue weighted by Gasteiger charge is -2.24. The Balaban J connectivity index is 1.71. The summed E-state index contributed by atoms with van der Waals surface area (Å²) < 4.78 is 7.47. The van der Waals surface area contributed by atoms with Gasteiger partial charge >= 0.3 is 5.97 Å². The number of rotatable bonds is 10. The van der Waals surface area contributed by atoms with Gasteiger partial charge in [0, 0.05) is 37.1 Å². The predicted octanol–water partition coefficient (Wildman–Crippen LogP) is 4.39. The van der Waals surface area contributed by atoms with Crippen LogP contribution in [0.15, 0.2) is 61.2 Å². The van der Waals surface area contributed by atoms with E-state index in [-0.39, 0.29) is 28.8 Å². The molecular formula is C22H21Cl2N3O4. The van der Waals surface area contributed by atoms with Crippen molar-refractivity contribution in [2.45, 2.75) is 19.5 Å². The number of ether oxygens (including phenoxy) is 1. The van der Waals surface area contributed by atoms with Gasteiger partial charge in [0.1, 0.15) is 5.56 Å². The number of para-hydroxylation sites is 1. The van der Waals surface area contributed by atoms with Crippen LogP contribution in [0.3, 0.4) is 0 Å². The maximum atomic E-state index is 13.0. The first-order valence-corrected chi connectivity index (χ1v) is 10.3. The molecule has 1 aromatic heterocycles. The van der Waals surface area contributed by atoms with Crippen molar-refractivity contribution in [3.63, 3.8) is 0 Å². The van der Waals surface area contributed by atoms with Crippen LogP contribution in [0.25, 0.3) is 0 Å². The quantitative estimate of drug-likeness (QED) is 0.483. The molecule has 0 saturated carbocycles. The van der Waals surface area contributed by atoms with Gasteiger partial charge in [0.2, 0.25) is 0 Å². The fourth-order valence-electron chi connectivity index (χ4n) is 3.04. The monoisotopic (exact) mass is 461 g/mol. The zero-order valence-electron chi connectivity index (χ0n) is 16.6. The van der Waals surface area contributed by atoms with Gasteiger partial charge in [-0.25, -0.2) is 9.78 Å². The SMILES string of the molecule is O=C(O)c1cccc(Cl)c1OCC(=O)N(CCCn1ccnc1)Cc1ccccc1Cl. The van der Waals surface area contributed by atoms with Crippen molar-refractivity contribution >= 4 is 35.1 Å². The van der Waals surface area contributed by atoms with E-state index in [4.69, 9.17) is 27.9 Å². The average molecular weight is 462 g/mol. The maximum Gasteiger partial charge on any atom is 0.339 e. The Bertz CT molecular complexity index is 1040. The number of benzene rings is 2. The first-order valence-electron chi connectivity index (χ1n) is 9.57. The number of hydrogen-bond acceptors (Lipinski definition) is 4. The van der Waals surface area contributed by atoms with Crippen LogP contribution in [0.1, 0.15) is 22.3 Å². The third kappa shape index (κ3) is 6.23. The van der Waals surface area contributed by atoms with Crippen LogP contribution in [0.2, 0.25) is 10.0 Å². The van der Waals surface area contributed by atoms with Crippen molar-refractivity contribution in [3.8, 4) is 5.75 Å². The molecular weight excluding hydrogens is 441 g/mol. The number of hydrogen-bond donors (Lipinski definition) is 1. The summed E-state index contributed by atoms with van der Waals surface area (Å²) in [6, 6.07) is 11.7. The van der Waals surface area contributed by atoms with E-state index in [0.717, 1.165) is 5.56 Å². The van der Waals surface area contributed by atoms with E-state index in [1.54, 1.807) is 23.5 Å². The second-order valence-corrected chi connectivity index (χ2v) is 7.59. The second-order valence-electron chi connectivity index (χ2n) is 6.77. The molecule has 162 valence electrons. The third-order valence-corrected chi connectivity index (χ3v) is 5.28. The molecule has 7 nitrogen and oxygen atoms in total. The van der Waals surface area contributed by atoms with Gasteiger partial charge in [-0.05, 0) is 30.2 Å². The molecule has 0 fully saturated rings. The molecule has 3 aromatic rings. The summed E-state index contributed by atoms with van der Waals surface area (Å²) in [7, 11) is 0. The zero-order chi connectivity index (χ0) is 22.2. The number of nitrogens with zero attached hydrogens (tertiary/aromatic N) is 3. The molecule has 0 unspecified atom stereocenters. The van der Waals surface area contributed by atoms with Crippen LogP contribution in [0.4, 0.5) is 0 Å². The van der Waals surface area contributed by atoms with Gasteiger partial charge in [-0.2, -0.15) is 0 Å². The van der Waals surface area contributed by atoms with Crippen LogP contribution in [-0.2, 0) is 17.9 Å². The highest BCUT2D eigenvalue weighted by Crippen LogP contribution is 2.29. The van der Waals surface area contributed by atoms with E-state index in [1.165, 1.54) is 18.2 Å². The van der Waals surface area contributed by atoms with Gasteiger partial charge in [-0.15, -0.1) is 0 Å². The molecule has 1 amide bonds. The Morgan fingerprint density at radius 1 is 1.10 bits per heavy atom. The fraction of sp³-hybridized carbons (Fsp3) is 0.227. The van der Waals surface area contributed by atoms with Gasteiger partial charge in [0.25, 0.3) is 5.91 Å². The number of carboxylic acid groups (broad SMARTS) is 1. The summed E-state index contributed by atoms with van der Waals surface area (Å²) in [5, 5.41) is 10.0. The number of aryl methyl sites for hydroxylation is 1. The molecule has 0 atom stereocenters. The molecule has 0 aliphatic heterocycles. The first-order chi connectivity index (χ1) is 15.0. The topological polar surface area (TPSA) is 84.7 Å². The summed E-state index contributed by atoms with van der Waals surface area (Å²) in [6.45, 7) is 1.11. The summed E-state index contributed by atoms with van der Waals surface area (Å²) >= 11 is 12.4. The largest absolute Gasteiger partial charge is 0.481 e. The minimum Gasteiger partial charge on any atom is -0.481 e. The highest BCUT2D eigenvalue weighted by molar-refractivity contribution is 6.32. The van der Waals surface area contributed by atoms with Crippen LogP contribution < -0.4 is 4.74 Å². The average Bonchev–Trinajstić information content (AvgIpc) is 3.26. The molecule has 2 aromatic carbocycles. The summed E-state index contributed by atoms with van der Waals surface area (Å²) in [5.74, 6) is -1.51. The molecule has 0 bridgehead atoms. The first kappa shape index (κ1) is 22.7. The van der Waals surface area contributed by atoms with Gasteiger partial charge in [0.05, 0.1) is 11.3 Å². The summed E-state index contributed by atoms with van der Waals surface area (Å²) in [6.07, 6.45) is 5.96. The maximum absolute atomic E-state index is 13.0. The second kappa shape index (κ2) is 10.8. The Labute approximate surface area is 189 Å². The Hall–Kier alpha value is -3.03. The van der Waals surface area contributed by atoms with Gasteiger partial charge < -0.3 is 19.3 Å². The lowest BCUT2D eigenvalue weighted by atomic mass is 10.2. The van der Waals surface area contributed by atoms with Crippen LogP contribution >= 0.6 is 23.2 Å². The molecule has 9 heteroatoms. The summed E-state index contributed by atoms with van der Waals surface area (Å²) in [4.78, 5) is 30.0. The molecule has 31 heavy (non-hydrogen) atoms. The minimum atomic E-state index is -1.18. The minimum absolute atomic E-state index is 0.0267. The number of carbonyl (C=O) groups is 2. The normalized spacial score (nSPS) is 10.6. The number of imidazole rings is 1. The third-order valence-electron chi connectivity index (χ3n) is 4.61.